The number of hydrogen-bond acceptors (Lipinski definition) is 7. The third kappa shape index (κ3) is 4.59. The Labute approximate surface area is 151 Å². The van der Waals surface area contributed by atoms with Crippen molar-refractivity contribution in [3.05, 3.63) is 30.2 Å². The highest BCUT2D eigenvalue weighted by Gasteiger charge is 2.20. The molecule has 0 aliphatic carbocycles. The highest BCUT2D eigenvalue weighted by molar-refractivity contribution is 5.82. The van der Waals surface area contributed by atoms with Gasteiger partial charge in [-0.25, -0.2) is 0 Å². The molecular formula is C18H21N3O5. The first kappa shape index (κ1) is 17.9. The standard InChI is InChI=1S/C18H21N3O5/c1-24-14-7-5-6-13(10-14)18-19-15(26-20-18)12-25-17(23)11-21-9-4-2-3-8-16(21)22/h5-7,10H,2-4,8-9,11-12H2,1H3. The number of carbonyl (C=O) groups is 2. The number of aromatic nitrogens is 2. The van der Waals surface area contributed by atoms with Gasteiger partial charge in [-0.1, -0.05) is 23.7 Å². The minimum atomic E-state index is -0.485. The van der Waals surface area contributed by atoms with E-state index in [0.29, 0.717) is 24.5 Å². The van der Waals surface area contributed by atoms with E-state index < -0.39 is 5.97 Å². The first-order valence-corrected chi connectivity index (χ1v) is 8.56. The molecule has 1 aliphatic rings. The summed E-state index contributed by atoms with van der Waals surface area (Å²) in [5, 5.41) is 3.88. The molecule has 3 rings (SSSR count). The molecule has 2 aromatic rings. The second kappa shape index (κ2) is 8.46. The third-order valence-corrected chi connectivity index (χ3v) is 4.14. The molecule has 1 saturated heterocycles. The molecule has 1 aromatic carbocycles. The van der Waals surface area contributed by atoms with E-state index in [-0.39, 0.29) is 24.9 Å². The molecule has 0 N–H and O–H groups in total. The fourth-order valence-electron chi connectivity index (χ4n) is 2.74. The molecule has 26 heavy (non-hydrogen) atoms. The lowest BCUT2D eigenvalue weighted by atomic mass is 10.2. The van der Waals surface area contributed by atoms with Gasteiger partial charge in [0.05, 0.1) is 7.11 Å². The lowest BCUT2D eigenvalue weighted by Gasteiger charge is -2.18. The van der Waals surface area contributed by atoms with E-state index in [1.165, 1.54) is 0 Å². The van der Waals surface area contributed by atoms with E-state index in [0.717, 1.165) is 24.8 Å². The fourth-order valence-corrected chi connectivity index (χ4v) is 2.74. The smallest absolute Gasteiger partial charge is 0.326 e. The van der Waals surface area contributed by atoms with Crippen molar-refractivity contribution in [2.45, 2.75) is 32.3 Å². The van der Waals surface area contributed by atoms with Gasteiger partial charge < -0.3 is 18.9 Å². The van der Waals surface area contributed by atoms with Crippen molar-refractivity contribution in [1.82, 2.24) is 15.0 Å². The van der Waals surface area contributed by atoms with Gasteiger partial charge in [0.25, 0.3) is 5.89 Å². The van der Waals surface area contributed by atoms with E-state index in [9.17, 15) is 9.59 Å². The molecule has 8 nitrogen and oxygen atoms in total. The Bertz CT molecular complexity index is 774. The van der Waals surface area contributed by atoms with Gasteiger partial charge in [0.1, 0.15) is 12.3 Å². The van der Waals surface area contributed by atoms with Gasteiger partial charge in [-0.05, 0) is 25.0 Å². The van der Waals surface area contributed by atoms with Crippen LogP contribution in [0.5, 0.6) is 5.75 Å². The topological polar surface area (TPSA) is 94.8 Å². The predicted octanol–water partition coefficient (Wildman–Crippen LogP) is 2.19. The van der Waals surface area contributed by atoms with Crippen molar-refractivity contribution in [3.63, 3.8) is 0 Å². The summed E-state index contributed by atoms with van der Waals surface area (Å²) in [6.07, 6.45) is 3.28. The Kier molecular flexibility index (Phi) is 5.83. The minimum absolute atomic E-state index is 0.00227. The summed E-state index contributed by atoms with van der Waals surface area (Å²) in [4.78, 5) is 29.6. The van der Waals surface area contributed by atoms with Crippen molar-refractivity contribution in [1.29, 1.82) is 0 Å². The van der Waals surface area contributed by atoms with Crippen LogP contribution in [0, 0.1) is 0 Å². The summed E-state index contributed by atoms with van der Waals surface area (Å²) < 4.78 is 15.4. The van der Waals surface area contributed by atoms with Gasteiger partial charge in [-0.2, -0.15) is 4.98 Å². The number of benzene rings is 1. The first-order chi connectivity index (χ1) is 12.7. The Morgan fingerprint density at radius 2 is 2.19 bits per heavy atom. The summed E-state index contributed by atoms with van der Waals surface area (Å²) >= 11 is 0. The number of esters is 1. The Hall–Kier alpha value is -2.90. The van der Waals surface area contributed by atoms with Crippen LogP contribution in [-0.4, -0.2) is 47.1 Å². The molecule has 1 aliphatic heterocycles. The summed E-state index contributed by atoms with van der Waals surface area (Å²) in [5.41, 5.74) is 0.737. The first-order valence-electron chi connectivity index (χ1n) is 8.56. The summed E-state index contributed by atoms with van der Waals surface area (Å²) in [6, 6.07) is 7.25. The maximum absolute atomic E-state index is 12.0. The molecule has 1 amide bonds. The SMILES string of the molecule is COc1cccc(-c2noc(COC(=O)CN3CCCCCC3=O)n2)c1. The van der Waals surface area contributed by atoms with Crippen LogP contribution in [0.25, 0.3) is 11.4 Å². The van der Waals surface area contributed by atoms with Gasteiger partial charge in [0, 0.05) is 18.5 Å². The highest BCUT2D eigenvalue weighted by Crippen LogP contribution is 2.21. The average molecular weight is 359 g/mol. The third-order valence-electron chi connectivity index (χ3n) is 4.14. The van der Waals surface area contributed by atoms with Crippen LogP contribution in [0.1, 0.15) is 31.6 Å². The molecular weight excluding hydrogens is 338 g/mol. The fraction of sp³-hybridized carbons (Fsp3) is 0.444. The maximum atomic E-state index is 12.0. The number of amides is 1. The highest BCUT2D eigenvalue weighted by atomic mass is 16.6. The zero-order chi connectivity index (χ0) is 18.4. The van der Waals surface area contributed by atoms with Gasteiger partial charge >= 0.3 is 5.97 Å². The lowest BCUT2D eigenvalue weighted by Crippen LogP contribution is -2.35. The zero-order valence-electron chi connectivity index (χ0n) is 14.6. The Balaban J connectivity index is 1.54. The van der Waals surface area contributed by atoms with Gasteiger partial charge in [-0.3, -0.25) is 9.59 Å². The van der Waals surface area contributed by atoms with Crippen molar-refractivity contribution in [2.75, 3.05) is 20.2 Å². The maximum Gasteiger partial charge on any atom is 0.326 e. The van der Waals surface area contributed by atoms with Gasteiger partial charge in [-0.15, -0.1) is 0 Å². The normalized spacial score (nSPS) is 14.8. The average Bonchev–Trinajstić information content (AvgIpc) is 3.05. The van der Waals surface area contributed by atoms with Crippen LogP contribution < -0.4 is 4.74 Å². The lowest BCUT2D eigenvalue weighted by molar-refractivity contribution is -0.150. The molecule has 8 heteroatoms. The molecule has 138 valence electrons. The van der Waals surface area contributed by atoms with E-state index in [4.69, 9.17) is 14.0 Å². The van der Waals surface area contributed by atoms with Crippen LogP contribution >= 0.6 is 0 Å². The second-order valence-electron chi connectivity index (χ2n) is 6.03. The number of methoxy groups -OCH3 is 1. The van der Waals surface area contributed by atoms with Crippen LogP contribution in [0.4, 0.5) is 0 Å². The van der Waals surface area contributed by atoms with E-state index in [1.54, 1.807) is 18.1 Å². The number of carbonyl (C=O) groups excluding carboxylic acids is 2. The molecule has 0 atom stereocenters. The number of nitrogens with zero attached hydrogens (tertiary/aromatic N) is 3. The number of rotatable bonds is 6. The van der Waals surface area contributed by atoms with Crippen molar-refractivity contribution in [3.8, 4) is 17.1 Å². The van der Waals surface area contributed by atoms with Crippen LogP contribution in [0.15, 0.2) is 28.8 Å². The predicted molar refractivity (Wildman–Crippen MR) is 91.1 cm³/mol. The molecule has 0 radical (unpaired) electrons. The van der Waals surface area contributed by atoms with Crippen molar-refractivity contribution >= 4 is 11.9 Å². The summed E-state index contributed by atoms with van der Waals surface area (Å²) in [7, 11) is 1.58. The largest absolute Gasteiger partial charge is 0.497 e. The molecule has 1 fully saturated rings. The van der Waals surface area contributed by atoms with Gasteiger partial charge in [0.2, 0.25) is 11.7 Å². The molecule has 0 unspecified atom stereocenters. The van der Waals surface area contributed by atoms with Crippen LogP contribution in [0.2, 0.25) is 0 Å². The molecule has 0 bridgehead atoms. The summed E-state index contributed by atoms with van der Waals surface area (Å²) in [6.45, 7) is 0.419. The molecule has 0 spiro atoms. The monoisotopic (exact) mass is 359 g/mol. The van der Waals surface area contributed by atoms with Crippen molar-refractivity contribution < 1.29 is 23.6 Å². The van der Waals surface area contributed by atoms with Crippen molar-refractivity contribution in [2.24, 2.45) is 0 Å². The quantitative estimate of drug-likeness (QED) is 0.730. The van der Waals surface area contributed by atoms with E-state index in [1.807, 2.05) is 18.2 Å². The van der Waals surface area contributed by atoms with Crippen LogP contribution in [-0.2, 0) is 20.9 Å². The van der Waals surface area contributed by atoms with E-state index in [2.05, 4.69) is 10.1 Å². The van der Waals surface area contributed by atoms with E-state index >= 15 is 0 Å². The number of likely N-dealkylation sites (tertiary alicyclic amines) is 1. The zero-order valence-corrected chi connectivity index (χ0v) is 14.6. The van der Waals surface area contributed by atoms with Crippen LogP contribution in [0.3, 0.4) is 0 Å². The molecule has 2 heterocycles. The molecule has 0 saturated carbocycles. The molecule has 1 aromatic heterocycles. The second-order valence-corrected chi connectivity index (χ2v) is 6.03. The summed E-state index contributed by atoms with van der Waals surface area (Å²) in [5.74, 6) is 0.775. The minimum Gasteiger partial charge on any atom is -0.497 e. The number of hydrogen-bond donors (Lipinski definition) is 0. The Morgan fingerprint density at radius 1 is 1.31 bits per heavy atom. The van der Waals surface area contributed by atoms with Gasteiger partial charge in [0.15, 0.2) is 6.61 Å². The number of ether oxygens (including phenoxy) is 2. The Morgan fingerprint density at radius 3 is 3.04 bits per heavy atom.